The van der Waals surface area contributed by atoms with Crippen molar-refractivity contribution in [2.24, 2.45) is 12.0 Å². The number of guanidine groups is 1. The van der Waals surface area contributed by atoms with Gasteiger partial charge in [-0.05, 0) is 25.5 Å². The van der Waals surface area contributed by atoms with Crippen molar-refractivity contribution in [1.29, 1.82) is 0 Å². The predicted molar refractivity (Wildman–Crippen MR) is 121 cm³/mol. The summed E-state index contributed by atoms with van der Waals surface area (Å²) in [6.45, 7) is 7.26. The van der Waals surface area contributed by atoms with Crippen LogP contribution in [0.4, 0.5) is 0 Å². The summed E-state index contributed by atoms with van der Waals surface area (Å²) >= 11 is 0. The molecule has 0 spiro atoms. The monoisotopic (exact) mass is 502 g/mol. The SMILES string of the molecule is CCNC(=NCc1ccc(C)cc1OCCCOC)NCc1ncnn1C.I. The predicted octanol–water partition coefficient (Wildman–Crippen LogP) is 2.41. The Morgan fingerprint density at radius 1 is 1.25 bits per heavy atom. The third-order valence-electron chi connectivity index (χ3n) is 3.94. The molecule has 9 heteroatoms. The van der Waals surface area contributed by atoms with Gasteiger partial charge in [0.1, 0.15) is 17.9 Å². The summed E-state index contributed by atoms with van der Waals surface area (Å²) in [4.78, 5) is 8.89. The normalized spacial score (nSPS) is 11.1. The minimum atomic E-state index is 0. The first-order valence-electron chi connectivity index (χ1n) is 9.20. The van der Waals surface area contributed by atoms with Gasteiger partial charge in [0.2, 0.25) is 0 Å². The van der Waals surface area contributed by atoms with Gasteiger partial charge in [-0.15, -0.1) is 24.0 Å². The number of aryl methyl sites for hydroxylation is 2. The summed E-state index contributed by atoms with van der Waals surface area (Å²) in [7, 11) is 3.57. The summed E-state index contributed by atoms with van der Waals surface area (Å²) in [5.74, 6) is 2.45. The lowest BCUT2D eigenvalue weighted by molar-refractivity contribution is 0.172. The van der Waals surface area contributed by atoms with Crippen LogP contribution in [0.2, 0.25) is 0 Å². The fourth-order valence-electron chi connectivity index (χ4n) is 2.46. The van der Waals surface area contributed by atoms with Crippen LogP contribution in [0.3, 0.4) is 0 Å². The first-order chi connectivity index (χ1) is 13.1. The second kappa shape index (κ2) is 13.3. The van der Waals surface area contributed by atoms with Crippen LogP contribution in [0, 0.1) is 6.92 Å². The average Bonchev–Trinajstić information content (AvgIpc) is 3.07. The number of nitrogens with zero attached hydrogens (tertiary/aromatic N) is 4. The molecular formula is C19H31IN6O2. The van der Waals surface area contributed by atoms with E-state index in [1.54, 1.807) is 18.1 Å². The van der Waals surface area contributed by atoms with Gasteiger partial charge in [-0.3, -0.25) is 4.68 Å². The largest absolute Gasteiger partial charge is 0.493 e. The van der Waals surface area contributed by atoms with Crippen LogP contribution < -0.4 is 15.4 Å². The number of hydrogen-bond donors (Lipinski definition) is 2. The van der Waals surface area contributed by atoms with Gasteiger partial charge in [0.05, 0.1) is 19.7 Å². The molecule has 0 aliphatic carbocycles. The van der Waals surface area contributed by atoms with E-state index >= 15 is 0 Å². The van der Waals surface area contributed by atoms with Crippen molar-refractivity contribution in [3.8, 4) is 5.75 Å². The Hall–Kier alpha value is -1.88. The number of halogens is 1. The number of methoxy groups -OCH3 is 1. The van der Waals surface area contributed by atoms with E-state index < -0.39 is 0 Å². The van der Waals surface area contributed by atoms with E-state index in [1.807, 2.05) is 14.0 Å². The molecule has 0 amide bonds. The summed E-state index contributed by atoms with van der Waals surface area (Å²) in [6, 6.07) is 6.20. The van der Waals surface area contributed by atoms with Crippen LogP contribution in [0.1, 0.15) is 30.3 Å². The van der Waals surface area contributed by atoms with Gasteiger partial charge in [-0.1, -0.05) is 12.1 Å². The van der Waals surface area contributed by atoms with Crippen molar-refractivity contribution >= 4 is 29.9 Å². The Bertz CT molecular complexity index is 735. The van der Waals surface area contributed by atoms with E-state index in [4.69, 9.17) is 9.47 Å². The number of nitrogens with one attached hydrogen (secondary N) is 2. The van der Waals surface area contributed by atoms with Crippen LogP contribution in [0.15, 0.2) is 29.5 Å². The van der Waals surface area contributed by atoms with E-state index in [9.17, 15) is 0 Å². The summed E-state index contributed by atoms with van der Waals surface area (Å²) < 4.78 is 12.7. The van der Waals surface area contributed by atoms with Crippen LogP contribution in [-0.2, 0) is 24.9 Å². The summed E-state index contributed by atoms with van der Waals surface area (Å²) in [6.07, 6.45) is 2.40. The highest BCUT2D eigenvalue weighted by Gasteiger charge is 2.06. The average molecular weight is 502 g/mol. The fourth-order valence-corrected chi connectivity index (χ4v) is 2.46. The molecule has 0 aliphatic rings. The number of benzene rings is 1. The Morgan fingerprint density at radius 3 is 2.75 bits per heavy atom. The first-order valence-corrected chi connectivity index (χ1v) is 9.20. The molecule has 1 aromatic carbocycles. The zero-order chi connectivity index (χ0) is 19.5. The van der Waals surface area contributed by atoms with Crippen LogP contribution in [-0.4, -0.2) is 47.6 Å². The lowest BCUT2D eigenvalue weighted by Crippen LogP contribution is -2.37. The van der Waals surface area contributed by atoms with E-state index in [1.165, 1.54) is 0 Å². The van der Waals surface area contributed by atoms with Gasteiger partial charge in [-0.2, -0.15) is 5.10 Å². The quantitative estimate of drug-likeness (QED) is 0.225. The molecule has 1 heterocycles. The van der Waals surface area contributed by atoms with Gasteiger partial charge in [0.15, 0.2) is 5.96 Å². The highest BCUT2D eigenvalue weighted by molar-refractivity contribution is 14.0. The van der Waals surface area contributed by atoms with Gasteiger partial charge in [0.25, 0.3) is 0 Å². The standard InChI is InChI=1S/C19H30N6O2.HI/c1-5-20-19(22-13-18-23-14-24-25(18)3)21-12-16-8-7-15(2)11-17(16)27-10-6-9-26-4;/h7-8,11,14H,5-6,9-10,12-13H2,1-4H3,(H2,20,21,22);1H. The Balaban J connectivity index is 0.00000392. The molecule has 0 fully saturated rings. The Kier molecular flexibility index (Phi) is 11.5. The maximum absolute atomic E-state index is 5.94. The van der Waals surface area contributed by atoms with Crippen molar-refractivity contribution in [3.05, 3.63) is 41.5 Å². The maximum atomic E-state index is 5.94. The van der Waals surface area contributed by atoms with Crippen LogP contribution >= 0.6 is 24.0 Å². The van der Waals surface area contributed by atoms with Crippen molar-refractivity contribution in [2.45, 2.75) is 33.4 Å². The Labute approximate surface area is 184 Å². The minimum absolute atomic E-state index is 0. The molecule has 0 unspecified atom stereocenters. The van der Waals surface area contributed by atoms with E-state index in [-0.39, 0.29) is 24.0 Å². The van der Waals surface area contributed by atoms with Crippen molar-refractivity contribution in [2.75, 3.05) is 26.9 Å². The molecule has 2 rings (SSSR count). The second-order valence-electron chi connectivity index (χ2n) is 6.15. The number of rotatable bonds is 10. The molecule has 8 nitrogen and oxygen atoms in total. The molecule has 1 aromatic heterocycles. The topological polar surface area (TPSA) is 85.6 Å². The lowest BCUT2D eigenvalue weighted by Gasteiger charge is -2.13. The van der Waals surface area contributed by atoms with Crippen LogP contribution in [0.5, 0.6) is 5.75 Å². The summed E-state index contributed by atoms with van der Waals surface area (Å²) in [5, 5.41) is 10.6. The molecule has 0 saturated carbocycles. The zero-order valence-corrected chi connectivity index (χ0v) is 19.4. The molecule has 0 radical (unpaired) electrons. The lowest BCUT2D eigenvalue weighted by atomic mass is 10.1. The van der Waals surface area contributed by atoms with Crippen molar-refractivity contribution in [1.82, 2.24) is 25.4 Å². The van der Waals surface area contributed by atoms with Crippen LogP contribution in [0.25, 0.3) is 0 Å². The number of aromatic nitrogens is 3. The second-order valence-corrected chi connectivity index (χ2v) is 6.15. The van der Waals surface area contributed by atoms with E-state index in [2.05, 4.69) is 50.8 Å². The minimum Gasteiger partial charge on any atom is -0.493 e. The molecular weight excluding hydrogens is 471 g/mol. The molecule has 156 valence electrons. The molecule has 0 aliphatic heterocycles. The van der Waals surface area contributed by atoms with Gasteiger partial charge in [0, 0.05) is 39.3 Å². The highest BCUT2D eigenvalue weighted by Crippen LogP contribution is 2.21. The van der Waals surface area contributed by atoms with Gasteiger partial charge in [-0.25, -0.2) is 9.98 Å². The molecule has 0 bridgehead atoms. The molecule has 0 saturated heterocycles. The van der Waals surface area contributed by atoms with Crippen molar-refractivity contribution < 1.29 is 9.47 Å². The first kappa shape index (κ1) is 24.2. The smallest absolute Gasteiger partial charge is 0.191 e. The molecule has 2 N–H and O–H groups in total. The third-order valence-corrected chi connectivity index (χ3v) is 3.94. The molecule has 0 atom stereocenters. The number of aliphatic imine (C=N–C) groups is 1. The van der Waals surface area contributed by atoms with Crippen molar-refractivity contribution in [3.63, 3.8) is 0 Å². The molecule has 2 aromatic rings. The fraction of sp³-hybridized carbons (Fsp3) is 0.526. The number of hydrogen-bond acceptors (Lipinski definition) is 5. The van der Waals surface area contributed by atoms with E-state index in [0.29, 0.717) is 26.3 Å². The Morgan fingerprint density at radius 2 is 2.07 bits per heavy atom. The molecule has 28 heavy (non-hydrogen) atoms. The zero-order valence-electron chi connectivity index (χ0n) is 17.1. The summed E-state index contributed by atoms with van der Waals surface area (Å²) in [5.41, 5.74) is 2.21. The third kappa shape index (κ3) is 8.01. The highest BCUT2D eigenvalue weighted by atomic mass is 127. The van der Waals surface area contributed by atoms with E-state index in [0.717, 1.165) is 41.6 Å². The van der Waals surface area contributed by atoms with Gasteiger partial charge < -0.3 is 20.1 Å². The van der Waals surface area contributed by atoms with Gasteiger partial charge >= 0.3 is 0 Å². The maximum Gasteiger partial charge on any atom is 0.191 e. The number of ether oxygens (including phenoxy) is 2.